The van der Waals surface area contributed by atoms with Crippen molar-refractivity contribution in [1.82, 2.24) is 29.4 Å². The fourth-order valence-electron chi connectivity index (χ4n) is 6.09. The van der Waals surface area contributed by atoms with Crippen LogP contribution in [0.4, 0.5) is 20.7 Å². The van der Waals surface area contributed by atoms with Crippen LogP contribution in [0.15, 0.2) is 24.3 Å². The number of halogens is 2. The van der Waals surface area contributed by atoms with Gasteiger partial charge in [0.05, 0.1) is 30.8 Å². The summed E-state index contributed by atoms with van der Waals surface area (Å²) in [5, 5.41) is 3.46. The summed E-state index contributed by atoms with van der Waals surface area (Å²) in [6.45, 7) is 4.95. The van der Waals surface area contributed by atoms with Crippen molar-refractivity contribution in [1.29, 1.82) is 0 Å². The number of carbonyl (C=O) groups is 1. The first kappa shape index (κ1) is 26.9. The number of fused-ring (bicyclic) bond motifs is 1. The molecule has 2 aromatic heterocycles. The molecule has 2 aliphatic heterocycles. The largest absolute Gasteiger partial charge is 0.378 e. The maximum absolute atomic E-state index is 14.1. The Bertz CT molecular complexity index is 1310. The van der Waals surface area contributed by atoms with Crippen LogP contribution in [-0.4, -0.2) is 87.2 Å². The average Bonchev–Trinajstić information content (AvgIpc) is 3.62. The quantitative estimate of drug-likeness (QED) is 0.420. The lowest BCUT2D eigenvalue weighted by Crippen LogP contribution is -2.38. The number of rotatable bonds is 9. The summed E-state index contributed by atoms with van der Waals surface area (Å²) in [4.78, 5) is 35.0. The minimum Gasteiger partial charge on any atom is -0.378 e. The van der Waals surface area contributed by atoms with Crippen LogP contribution in [-0.2, 0) is 9.53 Å². The summed E-state index contributed by atoms with van der Waals surface area (Å²) < 4.78 is 35.0. The lowest BCUT2D eigenvalue weighted by molar-refractivity contribution is -0.121. The second-order valence-electron chi connectivity index (χ2n) is 11.0. The number of para-hydroxylation sites is 2. The number of hydrogen-bond donors (Lipinski definition) is 1. The number of hydrogen-bond acceptors (Lipinski definition) is 9. The van der Waals surface area contributed by atoms with E-state index >= 15 is 0 Å². The number of ketones is 1. The summed E-state index contributed by atoms with van der Waals surface area (Å²) in [5.74, 6) is 1.25. The van der Waals surface area contributed by atoms with E-state index in [-0.39, 0.29) is 12.0 Å². The molecule has 3 aliphatic rings. The van der Waals surface area contributed by atoms with Gasteiger partial charge in [-0.3, -0.25) is 14.3 Å². The molecule has 0 radical (unpaired) electrons. The topological polar surface area (TPSA) is 101 Å². The zero-order chi connectivity index (χ0) is 27.5. The highest BCUT2D eigenvalue weighted by Crippen LogP contribution is 2.31. The van der Waals surface area contributed by atoms with Gasteiger partial charge in [0.25, 0.3) is 6.43 Å². The molecule has 12 heteroatoms. The SMILES string of the molecule is O=C(CC1CCC(Nc2nc(N3CCOCC3)nc(-n3c(C(F)F)nc4ccccc43)n2)CC1)CN1CCCC1. The third-order valence-corrected chi connectivity index (χ3v) is 8.18. The first-order valence-corrected chi connectivity index (χ1v) is 14.4. The lowest BCUT2D eigenvalue weighted by Gasteiger charge is -2.30. The van der Waals surface area contributed by atoms with Crippen LogP contribution in [0, 0.1) is 5.92 Å². The number of anilines is 2. The van der Waals surface area contributed by atoms with Crippen molar-refractivity contribution in [2.45, 2.75) is 57.4 Å². The number of benzene rings is 1. The molecule has 6 rings (SSSR count). The minimum atomic E-state index is -2.80. The van der Waals surface area contributed by atoms with Crippen molar-refractivity contribution in [3.8, 4) is 5.95 Å². The Hall–Kier alpha value is -3.25. The molecule has 1 aromatic carbocycles. The van der Waals surface area contributed by atoms with Gasteiger partial charge >= 0.3 is 0 Å². The molecule has 3 aromatic rings. The third kappa shape index (κ3) is 6.07. The number of nitrogens with zero attached hydrogens (tertiary/aromatic N) is 7. The molecule has 3 fully saturated rings. The summed E-state index contributed by atoms with van der Waals surface area (Å²) in [5.41, 5.74) is 0.972. The van der Waals surface area contributed by atoms with Crippen LogP contribution < -0.4 is 10.2 Å². The number of ether oxygens (including phenoxy) is 1. The molecule has 0 atom stereocenters. The number of aromatic nitrogens is 5. The van der Waals surface area contributed by atoms with E-state index in [9.17, 15) is 13.6 Å². The number of nitrogens with one attached hydrogen (secondary N) is 1. The Morgan fingerprint density at radius 3 is 2.42 bits per heavy atom. The highest BCUT2D eigenvalue weighted by Gasteiger charge is 2.27. The lowest BCUT2D eigenvalue weighted by atomic mass is 9.83. The monoisotopic (exact) mass is 554 g/mol. The number of imidazole rings is 1. The zero-order valence-corrected chi connectivity index (χ0v) is 22.6. The molecule has 1 aliphatic carbocycles. The molecule has 0 unspecified atom stereocenters. The maximum Gasteiger partial charge on any atom is 0.296 e. The van der Waals surface area contributed by atoms with Gasteiger partial charge in [-0.1, -0.05) is 12.1 Å². The highest BCUT2D eigenvalue weighted by atomic mass is 19.3. The van der Waals surface area contributed by atoms with Crippen molar-refractivity contribution in [3.63, 3.8) is 0 Å². The van der Waals surface area contributed by atoms with Crippen LogP contribution in [0.25, 0.3) is 17.0 Å². The van der Waals surface area contributed by atoms with E-state index in [1.165, 1.54) is 17.4 Å². The Labute approximate surface area is 232 Å². The first-order chi connectivity index (χ1) is 19.5. The molecular formula is C28H36F2N8O2. The van der Waals surface area contributed by atoms with E-state index in [4.69, 9.17) is 9.72 Å². The third-order valence-electron chi connectivity index (χ3n) is 8.18. The Morgan fingerprint density at radius 2 is 1.68 bits per heavy atom. The Morgan fingerprint density at radius 1 is 0.950 bits per heavy atom. The van der Waals surface area contributed by atoms with E-state index in [1.54, 1.807) is 24.3 Å². The molecule has 0 spiro atoms. The van der Waals surface area contributed by atoms with E-state index < -0.39 is 12.2 Å². The van der Waals surface area contributed by atoms with Crippen molar-refractivity contribution in [3.05, 3.63) is 30.1 Å². The Kier molecular flexibility index (Phi) is 8.15. The van der Waals surface area contributed by atoms with Crippen LogP contribution in [0.2, 0.25) is 0 Å². The number of carbonyl (C=O) groups excluding carboxylic acids is 1. The molecule has 10 nitrogen and oxygen atoms in total. The predicted octanol–water partition coefficient (Wildman–Crippen LogP) is 4.01. The number of morpholine rings is 1. The van der Waals surface area contributed by atoms with Crippen molar-refractivity contribution in [2.75, 3.05) is 56.2 Å². The summed E-state index contributed by atoms with van der Waals surface area (Å²) in [6, 6.07) is 7.13. The van der Waals surface area contributed by atoms with Crippen LogP contribution in [0.1, 0.15) is 57.2 Å². The highest BCUT2D eigenvalue weighted by molar-refractivity contribution is 5.80. The summed E-state index contributed by atoms with van der Waals surface area (Å²) in [6.07, 6.45) is 3.93. The Balaban J connectivity index is 1.20. The van der Waals surface area contributed by atoms with E-state index in [0.29, 0.717) is 73.9 Å². The molecule has 4 heterocycles. The normalized spacial score (nSPS) is 22.3. The fourth-order valence-corrected chi connectivity index (χ4v) is 6.09. The molecule has 2 saturated heterocycles. The van der Waals surface area contributed by atoms with Gasteiger partial charge in [-0.15, -0.1) is 0 Å². The van der Waals surface area contributed by atoms with E-state index in [0.717, 1.165) is 38.8 Å². The number of alkyl halides is 2. The van der Waals surface area contributed by atoms with Gasteiger partial charge in [0.15, 0.2) is 5.82 Å². The zero-order valence-electron chi connectivity index (χ0n) is 22.6. The summed E-state index contributed by atoms with van der Waals surface area (Å²) in [7, 11) is 0. The van der Waals surface area contributed by atoms with Crippen molar-refractivity contribution in [2.24, 2.45) is 5.92 Å². The molecule has 214 valence electrons. The number of Topliss-reactive ketones (excluding diaryl/α,β-unsaturated/α-hetero) is 1. The smallest absolute Gasteiger partial charge is 0.296 e. The number of likely N-dealkylation sites (tertiary alicyclic amines) is 1. The van der Waals surface area contributed by atoms with Gasteiger partial charge in [-0.05, 0) is 69.7 Å². The van der Waals surface area contributed by atoms with Gasteiger partial charge in [0.1, 0.15) is 5.78 Å². The first-order valence-electron chi connectivity index (χ1n) is 14.4. The molecule has 0 amide bonds. The van der Waals surface area contributed by atoms with Crippen molar-refractivity contribution < 1.29 is 18.3 Å². The van der Waals surface area contributed by atoms with Crippen LogP contribution in [0.3, 0.4) is 0 Å². The van der Waals surface area contributed by atoms with Gasteiger partial charge < -0.3 is 15.0 Å². The van der Waals surface area contributed by atoms with Crippen LogP contribution in [0.5, 0.6) is 0 Å². The van der Waals surface area contributed by atoms with E-state index in [2.05, 4.69) is 25.2 Å². The second-order valence-corrected chi connectivity index (χ2v) is 11.0. The van der Waals surface area contributed by atoms with Crippen molar-refractivity contribution >= 4 is 28.7 Å². The molecule has 40 heavy (non-hydrogen) atoms. The summed E-state index contributed by atoms with van der Waals surface area (Å²) >= 11 is 0. The minimum absolute atomic E-state index is 0.115. The predicted molar refractivity (Wildman–Crippen MR) is 147 cm³/mol. The molecular weight excluding hydrogens is 518 g/mol. The van der Waals surface area contributed by atoms with Gasteiger partial charge in [-0.2, -0.15) is 15.0 Å². The molecule has 1 N–H and O–H groups in total. The van der Waals surface area contributed by atoms with Gasteiger partial charge in [-0.25, -0.2) is 13.8 Å². The van der Waals surface area contributed by atoms with Gasteiger partial charge in [0.2, 0.25) is 17.8 Å². The maximum atomic E-state index is 14.1. The van der Waals surface area contributed by atoms with Crippen LogP contribution >= 0.6 is 0 Å². The van der Waals surface area contributed by atoms with Gasteiger partial charge in [0, 0.05) is 25.6 Å². The fraction of sp³-hybridized carbons (Fsp3) is 0.607. The molecule has 0 bridgehead atoms. The van der Waals surface area contributed by atoms with E-state index in [1.807, 2.05) is 4.90 Å². The second kappa shape index (κ2) is 12.1. The average molecular weight is 555 g/mol. The molecule has 1 saturated carbocycles. The standard InChI is InChI=1S/C28H36F2N8O2/c29-24(30)25-32-22-5-1-2-6-23(22)38(25)28-34-26(33-27(35-28)37-13-15-40-16-14-37)31-20-9-7-19(8-10-20)17-21(39)18-36-11-3-4-12-36/h1-2,5-6,19-20,24H,3-4,7-18H2,(H,31,33,34,35).